The van der Waals surface area contributed by atoms with E-state index in [1.807, 2.05) is 0 Å². The average Bonchev–Trinajstić information content (AvgIpc) is 1.87. The van der Waals surface area contributed by atoms with Gasteiger partial charge in [-0.1, -0.05) is 0 Å². The molecule has 0 fully saturated rings. The molecular formula is C6H13F3N2. The van der Waals surface area contributed by atoms with E-state index in [9.17, 15) is 13.2 Å². The number of hydrogen-bond donors (Lipinski definition) is 2. The number of alkyl halides is 3. The first kappa shape index (κ1) is 10.7. The molecule has 0 radical (unpaired) electrons. The second-order valence-electron chi connectivity index (χ2n) is 2.31. The molecule has 0 bridgehead atoms. The van der Waals surface area contributed by atoms with Gasteiger partial charge in [0.25, 0.3) is 0 Å². The lowest BCUT2D eigenvalue weighted by molar-refractivity contribution is -0.156. The standard InChI is InChI=1S/C6H13F3N2/c1-11-5(3-2-4-10)6(7,8)9/h5,11H,2-4,10H2,1H3/t5-/m0/s1. The Balaban J connectivity index is 3.76. The smallest absolute Gasteiger partial charge is 0.330 e. The van der Waals surface area contributed by atoms with Gasteiger partial charge in [0.1, 0.15) is 6.04 Å². The molecule has 0 aliphatic rings. The van der Waals surface area contributed by atoms with Crippen LogP contribution in [-0.4, -0.2) is 25.8 Å². The summed E-state index contributed by atoms with van der Waals surface area (Å²) in [6, 6.07) is -1.41. The lowest BCUT2D eigenvalue weighted by Crippen LogP contribution is -2.40. The molecule has 3 N–H and O–H groups in total. The van der Waals surface area contributed by atoms with Crippen molar-refractivity contribution in [3.05, 3.63) is 0 Å². The molecule has 0 aromatic rings. The molecule has 0 aromatic carbocycles. The van der Waals surface area contributed by atoms with Crippen molar-refractivity contribution in [2.45, 2.75) is 25.1 Å². The largest absolute Gasteiger partial charge is 0.403 e. The van der Waals surface area contributed by atoms with Crippen LogP contribution < -0.4 is 11.1 Å². The van der Waals surface area contributed by atoms with Crippen LogP contribution in [0.25, 0.3) is 0 Å². The van der Waals surface area contributed by atoms with Crippen LogP contribution in [0.1, 0.15) is 12.8 Å². The Labute approximate surface area is 64.0 Å². The molecule has 11 heavy (non-hydrogen) atoms. The fourth-order valence-corrected chi connectivity index (χ4v) is 0.794. The first-order valence-electron chi connectivity index (χ1n) is 3.46. The monoisotopic (exact) mass is 170 g/mol. The summed E-state index contributed by atoms with van der Waals surface area (Å²) in [6.07, 6.45) is -3.70. The number of nitrogens with two attached hydrogens (primary N) is 1. The van der Waals surface area contributed by atoms with E-state index in [0.29, 0.717) is 13.0 Å². The van der Waals surface area contributed by atoms with E-state index in [-0.39, 0.29) is 6.42 Å². The Morgan fingerprint density at radius 3 is 2.27 bits per heavy atom. The van der Waals surface area contributed by atoms with Crippen molar-refractivity contribution in [3.63, 3.8) is 0 Å². The van der Waals surface area contributed by atoms with E-state index < -0.39 is 12.2 Å². The summed E-state index contributed by atoms with van der Waals surface area (Å²) in [5, 5.41) is 2.20. The summed E-state index contributed by atoms with van der Waals surface area (Å²) < 4.78 is 35.8. The minimum absolute atomic E-state index is 0.0521. The molecular weight excluding hydrogens is 157 g/mol. The zero-order valence-electron chi connectivity index (χ0n) is 6.41. The van der Waals surface area contributed by atoms with Crippen LogP contribution in [0.2, 0.25) is 0 Å². The van der Waals surface area contributed by atoms with Crippen molar-refractivity contribution in [1.29, 1.82) is 0 Å². The summed E-state index contributed by atoms with van der Waals surface area (Å²) in [7, 11) is 1.30. The maximum atomic E-state index is 11.9. The van der Waals surface area contributed by atoms with Gasteiger partial charge >= 0.3 is 6.18 Å². The zero-order valence-corrected chi connectivity index (χ0v) is 6.41. The first-order valence-corrected chi connectivity index (χ1v) is 3.46. The molecule has 68 valence electrons. The molecule has 0 rings (SSSR count). The predicted molar refractivity (Wildman–Crippen MR) is 37.2 cm³/mol. The van der Waals surface area contributed by atoms with Crippen LogP contribution in [0.3, 0.4) is 0 Å². The van der Waals surface area contributed by atoms with Crippen LogP contribution in [0.5, 0.6) is 0 Å². The maximum absolute atomic E-state index is 11.9. The van der Waals surface area contributed by atoms with Crippen LogP contribution in [0.15, 0.2) is 0 Å². The normalized spacial score (nSPS) is 15.0. The van der Waals surface area contributed by atoms with Crippen LogP contribution in [-0.2, 0) is 0 Å². The molecule has 0 saturated heterocycles. The van der Waals surface area contributed by atoms with Gasteiger partial charge in [-0.05, 0) is 26.4 Å². The molecule has 0 amide bonds. The predicted octanol–water partition coefficient (Wildman–Crippen LogP) is 0.876. The topological polar surface area (TPSA) is 38.0 Å². The Morgan fingerprint density at radius 1 is 1.45 bits per heavy atom. The molecule has 5 heteroatoms. The van der Waals surface area contributed by atoms with Gasteiger partial charge in [-0.25, -0.2) is 0 Å². The Morgan fingerprint density at radius 2 is 2.00 bits per heavy atom. The number of halogens is 3. The highest BCUT2D eigenvalue weighted by Crippen LogP contribution is 2.22. The highest BCUT2D eigenvalue weighted by atomic mass is 19.4. The fraction of sp³-hybridized carbons (Fsp3) is 1.00. The van der Waals surface area contributed by atoms with Crippen LogP contribution in [0, 0.1) is 0 Å². The highest BCUT2D eigenvalue weighted by Gasteiger charge is 2.37. The molecule has 0 aromatic heterocycles. The van der Waals surface area contributed by atoms with Crippen LogP contribution >= 0.6 is 0 Å². The van der Waals surface area contributed by atoms with Gasteiger partial charge in [0.2, 0.25) is 0 Å². The maximum Gasteiger partial charge on any atom is 0.403 e. The SMILES string of the molecule is CN[C@@H](CCCN)C(F)(F)F. The number of hydrogen-bond acceptors (Lipinski definition) is 2. The third-order valence-electron chi connectivity index (χ3n) is 1.44. The van der Waals surface area contributed by atoms with Crippen molar-refractivity contribution < 1.29 is 13.2 Å². The van der Waals surface area contributed by atoms with Gasteiger partial charge in [-0.2, -0.15) is 13.2 Å². The van der Waals surface area contributed by atoms with E-state index >= 15 is 0 Å². The quantitative estimate of drug-likeness (QED) is 0.657. The lowest BCUT2D eigenvalue weighted by Gasteiger charge is -2.18. The molecule has 0 aliphatic heterocycles. The van der Waals surface area contributed by atoms with Crippen molar-refractivity contribution in [2.24, 2.45) is 5.73 Å². The van der Waals surface area contributed by atoms with Gasteiger partial charge in [0, 0.05) is 0 Å². The van der Waals surface area contributed by atoms with E-state index in [4.69, 9.17) is 5.73 Å². The lowest BCUT2D eigenvalue weighted by atomic mass is 10.1. The summed E-state index contributed by atoms with van der Waals surface area (Å²) >= 11 is 0. The molecule has 0 heterocycles. The first-order chi connectivity index (χ1) is 5.02. The Kier molecular flexibility index (Phi) is 4.44. The van der Waals surface area contributed by atoms with Gasteiger partial charge < -0.3 is 11.1 Å². The van der Waals surface area contributed by atoms with Gasteiger partial charge in [0.05, 0.1) is 0 Å². The zero-order chi connectivity index (χ0) is 8.91. The van der Waals surface area contributed by atoms with E-state index in [2.05, 4.69) is 5.32 Å². The molecule has 0 aliphatic carbocycles. The minimum atomic E-state index is -4.15. The summed E-state index contributed by atoms with van der Waals surface area (Å²) in [5.74, 6) is 0. The molecule has 0 saturated carbocycles. The van der Waals surface area contributed by atoms with Gasteiger partial charge in [0.15, 0.2) is 0 Å². The summed E-state index contributed by atoms with van der Waals surface area (Å²) in [5.41, 5.74) is 5.08. The third-order valence-corrected chi connectivity index (χ3v) is 1.44. The average molecular weight is 170 g/mol. The van der Waals surface area contributed by atoms with E-state index in [1.165, 1.54) is 7.05 Å². The highest BCUT2D eigenvalue weighted by molar-refractivity contribution is 4.72. The second kappa shape index (κ2) is 4.56. The fourth-order valence-electron chi connectivity index (χ4n) is 0.794. The summed E-state index contributed by atoms with van der Waals surface area (Å²) in [6.45, 7) is 0.300. The second-order valence-corrected chi connectivity index (χ2v) is 2.31. The number of rotatable bonds is 4. The van der Waals surface area contributed by atoms with Gasteiger partial charge in [-0.15, -0.1) is 0 Å². The van der Waals surface area contributed by atoms with Crippen LogP contribution in [0.4, 0.5) is 13.2 Å². The molecule has 0 unspecified atom stereocenters. The van der Waals surface area contributed by atoms with E-state index in [1.54, 1.807) is 0 Å². The van der Waals surface area contributed by atoms with Crippen molar-refractivity contribution in [2.75, 3.05) is 13.6 Å². The summed E-state index contributed by atoms with van der Waals surface area (Å²) in [4.78, 5) is 0. The number of nitrogens with one attached hydrogen (secondary N) is 1. The van der Waals surface area contributed by atoms with Crippen molar-refractivity contribution in [1.82, 2.24) is 5.32 Å². The molecule has 0 spiro atoms. The van der Waals surface area contributed by atoms with E-state index in [0.717, 1.165) is 0 Å². The third kappa shape index (κ3) is 4.21. The minimum Gasteiger partial charge on any atom is -0.330 e. The Bertz CT molecular complexity index is 102. The molecule has 1 atom stereocenters. The van der Waals surface area contributed by atoms with Crippen molar-refractivity contribution >= 4 is 0 Å². The van der Waals surface area contributed by atoms with Gasteiger partial charge in [-0.3, -0.25) is 0 Å². The van der Waals surface area contributed by atoms with Crippen molar-refractivity contribution in [3.8, 4) is 0 Å². The Hall–Kier alpha value is -0.290. The molecule has 2 nitrogen and oxygen atoms in total.